The van der Waals surface area contributed by atoms with E-state index >= 15 is 0 Å². The van der Waals surface area contributed by atoms with Crippen LogP contribution in [0.4, 0.5) is 11.4 Å². The molecule has 3 aromatic carbocycles. The number of hydrogen-bond donors (Lipinski definition) is 4. The maximum Gasteiger partial charge on any atom is 0.439 e. The lowest BCUT2D eigenvalue weighted by atomic mass is 10.1. The number of hydrogen-bond acceptors (Lipinski definition) is 8. The van der Waals surface area contributed by atoms with E-state index in [-0.39, 0.29) is 28.4 Å². The number of furan rings is 1. The molecule has 0 aliphatic heterocycles. The summed E-state index contributed by atoms with van der Waals surface area (Å²) >= 11 is 0. The van der Waals surface area contributed by atoms with Gasteiger partial charge in [-0.1, -0.05) is 29.4 Å². The van der Waals surface area contributed by atoms with Gasteiger partial charge in [-0.2, -0.15) is 0 Å². The minimum Gasteiger partial charge on any atom is -0.468 e. The Morgan fingerprint density at radius 2 is 1.66 bits per heavy atom. The van der Waals surface area contributed by atoms with Crippen molar-refractivity contribution in [1.82, 2.24) is 14.9 Å². The average molecular weight is 574 g/mol. The number of nitrogens with zero attached hydrogens (tertiary/aromatic N) is 1. The Morgan fingerprint density at radius 3 is 2.39 bits per heavy atom. The summed E-state index contributed by atoms with van der Waals surface area (Å²) in [5.74, 6) is -1.02. The molecule has 13 heteroatoms. The first-order valence-corrected chi connectivity index (χ1v) is 13.7. The van der Waals surface area contributed by atoms with E-state index in [9.17, 15) is 22.8 Å². The van der Waals surface area contributed by atoms with Gasteiger partial charge in [-0.15, -0.1) is 0 Å². The molecule has 12 nitrogen and oxygen atoms in total. The third kappa shape index (κ3) is 6.49. The molecule has 0 atom stereocenters. The van der Waals surface area contributed by atoms with Gasteiger partial charge < -0.3 is 15.1 Å². The molecule has 0 saturated heterocycles. The molecule has 2 aromatic heterocycles. The lowest BCUT2D eigenvalue weighted by Crippen LogP contribution is -2.24. The van der Waals surface area contributed by atoms with Gasteiger partial charge in [0.1, 0.15) is 5.76 Å². The number of anilines is 2. The Bertz CT molecular complexity index is 1890. The number of carbonyl (C=O) groups is 2. The van der Waals surface area contributed by atoms with E-state index in [0.29, 0.717) is 28.3 Å². The number of aromatic amines is 1. The van der Waals surface area contributed by atoms with Crippen molar-refractivity contribution in [3.8, 4) is 11.4 Å². The summed E-state index contributed by atoms with van der Waals surface area (Å²) in [6.45, 7) is 1.65. The smallest absolute Gasteiger partial charge is 0.439 e. The minimum atomic E-state index is -3.92. The van der Waals surface area contributed by atoms with Gasteiger partial charge in [-0.25, -0.2) is 17.9 Å². The van der Waals surface area contributed by atoms with E-state index in [1.807, 2.05) is 0 Å². The van der Waals surface area contributed by atoms with Crippen molar-refractivity contribution in [2.75, 3.05) is 10.6 Å². The van der Waals surface area contributed by atoms with E-state index < -0.39 is 27.6 Å². The topological polar surface area (TPSA) is 176 Å². The van der Waals surface area contributed by atoms with Crippen LogP contribution in [0.3, 0.4) is 0 Å². The van der Waals surface area contributed by atoms with Crippen LogP contribution in [0.25, 0.3) is 11.4 Å². The molecule has 2 amide bonds. The number of benzene rings is 3. The molecule has 4 N–H and O–H groups in total. The van der Waals surface area contributed by atoms with E-state index in [4.69, 9.17) is 4.42 Å². The van der Waals surface area contributed by atoms with Crippen LogP contribution in [0, 0.1) is 6.92 Å². The first kappa shape index (κ1) is 27.3. The van der Waals surface area contributed by atoms with Crippen LogP contribution < -0.4 is 21.1 Å². The highest BCUT2D eigenvalue weighted by molar-refractivity contribution is 7.89. The van der Waals surface area contributed by atoms with Gasteiger partial charge in [0.25, 0.3) is 11.8 Å². The van der Waals surface area contributed by atoms with Crippen LogP contribution >= 0.6 is 0 Å². The minimum absolute atomic E-state index is 0.0381. The number of nitrogens with one attached hydrogen (secondary N) is 4. The molecule has 2 heterocycles. The van der Waals surface area contributed by atoms with Gasteiger partial charge in [-0.3, -0.25) is 19.1 Å². The van der Waals surface area contributed by atoms with Crippen molar-refractivity contribution in [2.24, 2.45) is 0 Å². The Labute approximate surface area is 233 Å². The predicted octanol–water partition coefficient (Wildman–Crippen LogP) is 3.91. The van der Waals surface area contributed by atoms with Crippen molar-refractivity contribution in [3.63, 3.8) is 0 Å². The molecule has 0 aliphatic carbocycles. The molecule has 5 rings (SSSR count). The molecule has 0 spiro atoms. The van der Waals surface area contributed by atoms with Crippen LogP contribution in [0.15, 0.2) is 104 Å². The maximum absolute atomic E-state index is 13.1. The van der Waals surface area contributed by atoms with Crippen molar-refractivity contribution in [2.45, 2.75) is 18.4 Å². The molecule has 208 valence electrons. The first-order chi connectivity index (χ1) is 19.7. The van der Waals surface area contributed by atoms with E-state index in [2.05, 4.69) is 30.0 Å². The SMILES string of the molecule is Cc1ccc(S(=O)(=O)NCc2ccco2)cc1C(=O)Nc1cccc(C(=O)Nc2cccc(-c3noc(=O)[nH]3)c2)c1. The number of aromatic nitrogens is 2. The number of amides is 2. The van der Waals surface area contributed by atoms with Crippen molar-refractivity contribution < 1.29 is 26.9 Å². The molecule has 5 aromatic rings. The van der Waals surface area contributed by atoms with Gasteiger partial charge in [0.05, 0.1) is 17.7 Å². The Morgan fingerprint density at radius 1 is 0.902 bits per heavy atom. The molecule has 0 bridgehead atoms. The molecule has 0 saturated carbocycles. The zero-order chi connectivity index (χ0) is 29.0. The highest BCUT2D eigenvalue weighted by atomic mass is 32.2. The van der Waals surface area contributed by atoms with Gasteiger partial charge in [0, 0.05) is 28.1 Å². The van der Waals surface area contributed by atoms with Crippen LogP contribution in [-0.2, 0) is 16.6 Å². The molecule has 0 radical (unpaired) electrons. The molecule has 0 unspecified atom stereocenters. The number of carbonyl (C=O) groups excluding carboxylic acids is 2. The third-order valence-electron chi connectivity index (χ3n) is 6.00. The predicted molar refractivity (Wildman–Crippen MR) is 149 cm³/mol. The largest absolute Gasteiger partial charge is 0.468 e. The number of H-pyrrole nitrogens is 1. The zero-order valence-corrected chi connectivity index (χ0v) is 22.3. The quantitative estimate of drug-likeness (QED) is 0.205. The fourth-order valence-corrected chi connectivity index (χ4v) is 4.93. The molecular weight excluding hydrogens is 550 g/mol. The summed E-state index contributed by atoms with van der Waals surface area (Å²) in [5, 5.41) is 9.12. The van der Waals surface area contributed by atoms with Crippen molar-refractivity contribution in [1.29, 1.82) is 0 Å². The normalized spacial score (nSPS) is 11.2. The maximum atomic E-state index is 13.1. The van der Waals surface area contributed by atoms with Crippen molar-refractivity contribution in [3.05, 3.63) is 118 Å². The van der Waals surface area contributed by atoms with E-state index in [1.165, 1.54) is 24.5 Å². The highest BCUT2D eigenvalue weighted by Crippen LogP contribution is 2.21. The first-order valence-electron chi connectivity index (χ1n) is 12.2. The molecule has 0 fully saturated rings. The Kier molecular flexibility index (Phi) is 7.63. The average Bonchev–Trinajstić information content (AvgIpc) is 3.64. The standard InChI is InChI=1S/C28H23N5O7S/c1-17-10-11-23(41(37,38)29-16-22-9-4-12-39-22)15-24(17)27(35)31-21-8-3-6-19(14-21)26(34)30-20-7-2-5-18(13-20)25-32-28(36)40-33-25/h2-15,29H,16H2,1H3,(H,30,34)(H,31,35)(H,32,33,36). The summed E-state index contributed by atoms with van der Waals surface area (Å²) in [4.78, 5) is 39.7. The summed E-state index contributed by atoms with van der Waals surface area (Å²) in [5.41, 5.74) is 2.29. The summed E-state index contributed by atoms with van der Waals surface area (Å²) in [7, 11) is -3.92. The number of aryl methyl sites for hydroxylation is 1. The molecule has 41 heavy (non-hydrogen) atoms. The molecular formula is C28H23N5O7S. The van der Waals surface area contributed by atoms with Gasteiger partial charge in [-0.05, 0) is 67.1 Å². The fourth-order valence-electron chi connectivity index (χ4n) is 3.91. The Hall–Kier alpha value is -5.27. The summed E-state index contributed by atoms with van der Waals surface area (Å²) < 4.78 is 37.7. The van der Waals surface area contributed by atoms with Crippen LogP contribution in [0.5, 0.6) is 0 Å². The number of rotatable bonds is 9. The van der Waals surface area contributed by atoms with Crippen LogP contribution in [-0.4, -0.2) is 30.4 Å². The Balaban J connectivity index is 1.29. The molecule has 0 aliphatic rings. The van der Waals surface area contributed by atoms with Gasteiger partial charge >= 0.3 is 5.76 Å². The fraction of sp³-hybridized carbons (Fsp3) is 0.0714. The second kappa shape index (κ2) is 11.5. The zero-order valence-electron chi connectivity index (χ0n) is 21.5. The third-order valence-corrected chi connectivity index (χ3v) is 7.40. The summed E-state index contributed by atoms with van der Waals surface area (Å²) in [6, 6.07) is 20.5. The van der Waals surface area contributed by atoms with E-state index in [0.717, 1.165) is 0 Å². The lowest BCUT2D eigenvalue weighted by Gasteiger charge is -2.12. The van der Waals surface area contributed by atoms with Gasteiger partial charge in [0.15, 0.2) is 5.82 Å². The number of sulfonamides is 1. The van der Waals surface area contributed by atoms with Crippen LogP contribution in [0.1, 0.15) is 32.0 Å². The van der Waals surface area contributed by atoms with Crippen molar-refractivity contribution >= 4 is 33.2 Å². The monoisotopic (exact) mass is 573 g/mol. The van der Waals surface area contributed by atoms with Gasteiger partial charge in [0.2, 0.25) is 10.0 Å². The van der Waals surface area contributed by atoms with E-state index in [1.54, 1.807) is 67.6 Å². The lowest BCUT2D eigenvalue weighted by molar-refractivity contribution is 0.101. The van der Waals surface area contributed by atoms with Crippen LogP contribution in [0.2, 0.25) is 0 Å². The second-order valence-corrected chi connectivity index (χ2v) is 10.7. The second-order valence-electron chi connectivity index (χ2n) is 8.89. The highest BCUT2D eigenvalue weighted by Gasteiger charge is 2.19. The summed E-state index contributed by atoms with van der Waals surface area (Å²) in [6.07, 6.45) is 1.44.